The minimum atomic E-state index is -0.326. The summed E-state index contributed by atoms with van der Waals surface area (Å²) in [6.45, 7) is 0. The molecule has 2 heterocycles. The lowest BCUT2D eigenvalue weighted by Gasteiger charge is -2.32. The van der Waals surface area contributed by atoms with E-state index in [2.05, 4.69) is 31.2 Å². The summed E-state index contributed by atoms with van der Waals surface area (Å²) in [4.78, 5) is 59.6. The maximum atomic E-state index is 13.4. The summed E-state index contributed by atoms with van der Waals surface area (Å²) < 4.78 is 26.9. The van der Waals surface area contributed by atoms with E-state index in [1.54, 1.807) is 48.5 Å². The Kier molecular flexibility index (Phi) is 16.2. The van der Waals surface area contributed by atoms with Crippen LogP contribution in [0.15, 0.2) is 85.2 Å². The fourth-order valence-corrected chi connectivity index (χ4v) is 9.70. The van der Waals surface area contributed by atoms with Gasteiger partial charge in [0.25, 0.3) is 11.8 Å². The number of amides is 4. The first-order valence-corrected chi connectivity index (χ1v) is 23.1. The lowest BCUT2D eigenvalue weighted by atomic mass is 9.84. The molecule has 2 aromatic carbocycles. The van der Waals surface area contributed by atoms with Crippen LogP contribution in [0.25, 0.3) is 22.5 Å². The number of halogens is 2. The number of hydrogen-bond donors (Lipinski definition) is 6. The quantitative estimate of drug-likeness (QED) is 0.0969. The van der Waals surface area contributed by atoms with Gasteiger partial charge in [-0.2, -0.15) is 0 Å². The highest BCUT2D eigenvalue weighted by atomic mass is 19.1. The van der Waals surface area contributed by atoms with Crippen molar-refractivity contribution in [3.63, 3.8) is 0 Å². The van der Waals surface area contributed by atoms with Crippen molar-refractivity contribution in [1.82, 2.24) is 31.2 Å². The van der Waals surface area contributed by atoms with E-state index in [0.717, 1.165) is 89.9 Å². The van der Waals surface area contributed by atoms with Crippen LogP contribution in [0.1, 0.15) is 123 Å². The van der Waals surface area contributed by atoms with Gasteiger partial charge in [0.2, 0.25) is 11.8 Å². The Morgan fingerprint density at radius 3 is 1.23 bits per heavy atom. The smallest absolute Gasteiger partial charge is 0.253 e. The summed E-state index contributed by atoms with van der Waals surface area (Å²) in [5.74, 6) is -1.04. The van der Waals surface area contributed by atoms with E-state index in [0.29, 0.717) is 46.5 Å². The summed E-state index contributed by atoms with van der Waals surface area (Å²) in [5, 5.41) is 12.5. The van der Waals surface area contributed by atoms with Gasteiger partial charge in [-0.1, -0.05) is 37.1 Å². The summed E-state index contributed by atoms with van der Waals surface area (Å²) in [6.07, 6.45) is 17.4. The van der Waals surface area contributed by atoms with Crippen molar-refractivity contribution in [2.45, 2.75) is 139 Å². The molecule has 8 unspecified atom stereocenters. The number of rotatable bonds is 10. The summed E-state index contributed by atoms with van der Waals surface area (Å²) in [5.41, 5.74) is 15.5. The van der Waals surface area contributed by atoms with Crippen molar-refractivity contribution in [2.24, 2.45) is 23.3 Å². The number of hydrogen-bond acceptors (Lipinski definition) is 8. The van der Waals surface area contributed by atoms with Gasteiger partial charge in [0.1, 0.15) is 11.6 Å². The molecule has 4 aliphatic rings. The molecule has 64 heavy (non-hydrogen) atoms. The number of benzene rings is 2. The maximum absolute atomic E-state index is 13.4. The summed E-state index contributed by atoms with van der Waals surface area (Å²) in [7, 11) is 0. The standard InChI is InChI=1S/2C25H31FN4O2/c2*26-19-6-1-4-16(12-19)23-11-10-18(15-28-23)25(32)29-21-8-2-5-17(13-21)24(31)30-22-9-3-7-20(27)14-22/h2*1,4,6,10-12,15,17,20-22H,2-3,5,7-9,13-14,27H2,(H,29,32)(H,30,31). The zero-order valence-electron chi connectivity index (χ0n) is 36.5. The van der Waals surface area contributed by atoms with Crippen LogP contribution in [0.3, 0.4) is 0 Å². The number of nitrogens with zero attached hydrogens (tertiary/aromatic N) is 2. The minimum absolute atomic E-state index is 0.0384. The SMILES string of the molecule is NC1CCCC(NC(=O)C2CCCC(NC(=O)c3ccc(-c4cccc(F)c4)nc3)C2)C1.NC1CCCC(NC(=O)C2CCCC(NC(=O)c3ccc(-c4cccc(F)c4)nc3)C2)C1. The van der Waals surface area contributed by atoms with Crippen molar-refractivity contribution in [3.05, 3.63) is 108 Å². The number of nitrogens with two attached hydrogens (primary N) is 2. The van der Waals surface area contributed by atoms with Crippen LogP contribution in [0, 0.1) is 23.5 Å². The first-order valence-electron chi connectivity index (χ1n) is 23.1. The average Bonchev–Trinajstić information content (AvgIpc) is 3.29. The van der Waals surface area contributed by atoms with E-state index < -0.39 is 0 Å². The lowest BCUT2D eigenvalue weighted by Crippen LogP contribution is -2.47. The van der Waals surface area contributed by atoms with Crippen LogP contribution in [0.2, 0.25) is 0 Å². The molecule has 12 nitrogen and oxygen atoms in total. The number of carbonyl (C=O) groups excluding carboxylic acids is 4. The Morgan fingerprint density at radius 1 is 0.484 bits per heavy atom. The van der Waals surface area contributed by atoms with Crippen LogP contribution >= 0.6 is 0 Å². The Labute approximate surface area is 374 Å². The number of aromatic nitrogens is 2. The van der Waals surface area contributed by atoms with Crippen molar-refractivity contribution in [2.75, 3.05) is 0 Å². The Morgan fingerprint density at radius 2 is 0.875 bits per heavy atom. The molecular formula is C50H62F2N8O4. The Hall–Kier alpha value is -5.60. The van der Waals surface area contributed by atoms with E-state index in [-0.39, 0.29) is 83.4 Å². The first kappa shape index (κ1) is 46.4. The third-order valence-corrected chi connectivity index (χ3v) is 13.2. The van der Waals surface area contributed by atoms with Gasteiger partial charge >= 0.3 is 0 Å². The predicted octanol–water partition coefficient (Wildman–Crippen LogP) is 7.12. The highest BCUT2D eigenvalue weighted by Crippen LogP contribution is 2.28. The third kappa shape index (κ3) is 13.2. The summed E-state index contributed by atoms with van der Waals surface area (Å²) >= 11 is 0. The molecule has 0 saturated heterocycles. The van der Waals surface area contributed by atoms with Gasteiger partial charge in [-0.15, -0.1) is 0 Å². The fraction of sp³-hybridized carbons (Fsp3) is 0.480. The van der Waals surface area contributed by atoms with Crippen LogP contribution in [0.4, 0.5) is 8.78 Å². The van der Waals surface area contributed by atoms with E-state index in [1.165, 1.54) is 36.7 Å². The Balaban J connectivity index is 0.000000191. The number of nitrogens with one attached hydrogen (secondary N) is 4. The zero-order valence-corrected chi connectivity index (χ0v) is 36.5. The van der Waals surface area contributed by atoms with Gasteiger partial charge in [-0.3, -0.25) is 29.1 Å². The third-order valence-electron chi connectivity index (χ3n) is 13.2. The molecule has 4 fully saturated rings. The van der Waals surface area contributed by atoms with Crippen LogP contribution in [-0.2, 0) is 9.59 Å². The molecule has 2 aromatic heterocycles. The van der Waals surface area contributed by atoms with Gasteiger partial charge in [-0.05, 0) is 138 Å². The van der Waals surface area contributed by atoms with Crippen LogP contribution in [-0.4, -0.2) is 69.8 Å². The number of pyridine rings is 2. The zero-order chi connectivity index (χ0) is 45.0. The molecule has 0 spiro atoms. The first-order chi connectivity index (χ1) is 30.9. The Bertz CT molecular complexity index is 2050. The second kappa shape index (κ2) is 22.3. The second-order valence-corrected chi connectivity index (χ2v) is 18.2. The molecule has 4 aromatic rings. The molecule has 8 N–H and O–H groups in total. The maximum Gasteiger partial charge on any atom is 0.253 e. The lowest BCUT2D eigenvalue weighted by molar-refractivity contribution is -0.128. The molecule has 0 radical (unpaired) electrons. The van der Waals surface area contributed by atoms with E-state index in [1.807, 2.05) is 0 Å². The molecule has 14 heteroatoms. The van der Waals surface area contributed by atoms with Gasteiger partial charge in [0, 0.05) is 71.6 Å². The monoisotopic (exact) mass is 876 g/mol. The number of carbonyl (C=O) groups is 4. The molecule has 0 aliphatic heterocycles. The molecule has 8 atom stereocenters. The molecule has 4 aliphatic carbocycles. The molecule has 0 bridgehead atoms. The normalized spacial score (nSPS) is 25.7. The van der Waals surface area contributed by atoms with Crippen LogP contribution in [0.5, 0.6) is 0 Å². The van der Waals surface area contributed by atoms with Crippen molar-refractivity contribution in [1.29, 1.82) is 0 Å². The van der Waals surface area contributed by atoms with Gasteiger partial charge in [-0.25, -0.2) is 8.78 Å². The highest BCUT2D eigenvalue weighted by Gasteiger charge is 2.32. The van der Waals surface area contributed by atoms with Crippen molar-refractivity contribution < 1.29 is 28.0 Å². The predicted molar refractivity (Wildman–Crippen MR) is 242 cm³/mol. The summed E-state index contributed by atoms with van der Waals surface area (Å²) in [6, 6.07) is 19.8. The van der Waals surface area contributed by atoms with E-state index in [9.17, 15) is 28.0 Å². The van der Waals surface area contributed by atoms with Gasteiger partial charge < -0.3 is 32.7 Å². The van der Waals surface area contributed by atoms with Crippen LogP contribution < -0.4 is 32.7 Å². The van der Waals surface area contributed by atoms with E-state index >= 15 is 0 Å². The molecule has 340 valence electrons. The molecule has 4 amide bonds. The molecular weight excluding hydrogens is 815 g/mol. The van der Waals surface area contributed by atoms with Gasteiger partial charge in [0.15, 0.2) is 0 Å². The van der Waals surface area contributed by atoms with Crippen molar-refractivity contribution >= 4 is 23.6 Å². The molecule has 8 rings (SSSR count). The largest absolute Gasteiger partial charge is 0.353 e. The minimum Gasteiger partial charge on any atom is -0.353 e. The average molecular weight is 877 g/mol. The van der Waals surface area contributed by atoms with Gasteiger partial charge in [0.05, 0.1) is 22.5 Å². The highest BCUT2D eigenvalue weighted by molar-refractivity contribution is 5.95. The fourth-order valence-electron chi connectivity index (χ4n) is 9.70. The van der Waals surface area contributed by atoms with Crippen molar-refractivity contribution in [3.8, 4) is 22.5 Å². The second-order valence-electron chi connectivity index (χ2n) is 18.2. The van der Waals surface area contributed by atoms with E-state index in [4.69, 9.17) is 11.5 Å². The topological polar surface area (TPSA) is 194 Å². The molecule has 4 saturated carbocycles.